The summed E-state index contributed by atoms with van der Waals surface area (Å²) in [6, 6.07) is 11.3. The van der Waals surface area contributed by atoms with E-state index in [2.05, 4.69) is 14.6 Å². The molecule has 0 aliphatic carbocycles. The summed E-state index contributed by atoms with van der Waals surface area (Å²) in [6.45, 7) is 1.81. The second-order valence-electron chi connectivity index (χ2n) is 6.30. The van der Waals surface area contributed by atoms with Crippen LogP contribution >= 0.6 is 0 Å². The summed E-state index contributed by atoms with van der Waals surface area (Å²) in [5, 5.41) is -0.0537. The van der Waals surface area contributed by atoms with E-state index in [4.69, 9.17) is 0 Å². The normalized spacial score (nSPS) is 16.5. The van der Waals surface area contributed by atoms with Crippen molar-refractivity contribution in [1.82, 2.24) is 9.88 Å². The minimum Gasteiger partial charge on any atom is -0.306 e. The van der Waals surface area contributed by atoms with Gasteiger partial charge in [0, 0.05) is 23.4 Å². The molecule has 1 aliphatic rings. The highest BCUT2D eigenvalue weighted by Gasteiger charge is 2.25. The highest BCUT2D eigenvalue weighted by Crippen LogP contribution is 2.23. The summed E-state index contributed by atoms with van der Waals surface area (Å²) < 4.78 is 27.2. The molecule has 0 saturated carbocycles. The number of benzene rings is 1. The van der Waals surface area contributed by atoms with Gasteiger partial charge >= 0.3 is 0 Å². The lowest BCUT2D eigenvalue weighted by Gasteiger charge is -2.28. The predicted molar refractivity (Wildman–Crippen MR) is 96.0 cm³/mol. The van der Waals surface area contributed by atoms with Gasteiger partial charge < -0.3 is 4.90 Å². The molecule has 3 rings (SSSR count). The average molecular weight is 359 g/mol. The smallest absolute Gasteiger partial charge is 0.279 e. The summed E-state index contributed by atoms with van der Waals surface area (Å²) in [5.41, 5.74) is 0.903. The van der Waals surface area contributed by atoms with Crippen LogP contribution in [-0.4, -0.2) is 44.2 Å². The number of nitrogens with one attached hydrogen (secondary N) is 1. The largest absolute Gasteiger partial charge is 0.306 e. The number of carbonyl (C=O) groups is 1. The third-order valence-corrected chi connectivity index (χ3v) is 5.70. The summed E-state index contributed by atoms with van der Waals surface area (Å²) in [7, 11) is -1.72. The number of hydrogen-bond donors (Lipinski definition) is 1. The van der Waals surface area contributed by atoms with Crippen LogP contribution in [0.3, 0.4) is 0 Å². The van der Waals surface area contributed by atoms with Crippen molar-refractivity contribution in [2.24, 2.45) is 5.92 Å². The van der Waals surface area contributed by atoms with Gasteiger partial charge in [0.15, 0.2) is 10.8 Å². The molecule has 0 atom stereocenters. The zero-order valence-corrected chi connectivity index (χ0v) is 14.9. The average Bonchev–Trinajstić information content (AvgIpc) is 2.62. The first-order valence-electron chi connectivity index (χ1n) is 8.22. The maximum atomic E-state index is 12.7. The second kappa shape index (κ2) is 7.33. The Hall–Kier alpha value is -2.25. The van der Waals surface area contributed by atoms with E-state index in [1.54, 1.807) is 36.4 Å². The Balaban J connectivity index is 1.77. The lowest BCUT2D eigenvalue weighted by Crippen LogP contribution is -2.33. The van der Waals surface area contributed by atoms with Crippen molar-refractivity contribution in [3.63, 3.8) is 0 Å². The Bertz CT molecular complexity index is 845. The molecule has 0 unspecified atom stereocenters. The van der Waals surface area contributed by atoms with Crippen LogP contribution in [0.5, 0.6) is 0 Å². The van der Waals surface area contributed by atoms with Crippen molar-refractivity contribution in [1.29, 1.82) is 0 Å². The van der Waals surface area contributed by atoms with Crippen molar-refractivity contribution >= 4 is 21.5 Å². The molecule has 7 heteroatoms. The molecule has 0 radical (unpaired) electrons. The number of ketones is 1. The molecule has 1 saturated heterocycles. The number of piperidine rings is 1. The van der Waals surface area contributed by atoms with Gasteiger partial charge in [-0.05, 0) is 57.2 Å². The number of carbonyl (C=O) groups excluding carboxylic acids is 1. The molecule has 1 N–H and O–H groups in total. The zero-order valence-electron chi connectivity index (χ0n) is 14.1. The molecule has 0 spiro atoms. The molecule has 132 valence electrons. The van der Waals surface area contributed by atoms with Gasteiger partial charge in [0.2, 0.25) is 0 Å². The SMILES string of the molecule is CN1CCC(C(=O)c2cccc(NS(=O)(=O)c3ccccn3)c2)CC1. The molecule has 6 nitrogen and oxygen atoms in total. The van der Waals surface area contributed by atoms with E-state index in [1.165, 1.54) is 12.3 Å². The molecule has 0 bridgehead atoms. The van der Waals surface area contributed by atoms with Crippen LogP contribution in [0, 0.1) is 5.92 Å². The van der Waals surface area contributed by atoms with Crippen molar-refractivity contribution in [3.05, 3.63) is 54.2 Å². The topological polar surface area (TPSA) is 79.4 Å². The van der Waals surface area contributed by atoms with E-state index in [1.807, 2.05) is 7.05 Å². The Morgan fingerprint density at radius 1 is 1.16 bits per heavy atom. The van der Waals surface area contributed by atoms with Crippen LogP contribution in [0.25, 0.3) is 0 Å². The van der Waals surface area contributed by atoms with Gasteiger partial charge in [-0.2, -0.15) is 8.42 Å². The molecule has 2 heterocycles. The molecule has 1 aliphatic heterocycles. The van der Waals surface area contributed by atoms with Crippen molar-refractivity contribution in [2.45, 2.75) is 17.9 Å². The number of Topliss-reactive ketones (excluding diaryl/α,β-unsaturated/α-hetero) is 1. The maximum Gasteiger partial charge on any atom is 0.279 e. The van der Waals surface area contributed by atoms with E-state index in [0.717, 1.165) is 25.9 Å². The number of sulfonamides is 1. The summed E-state index contributed by atoms with van der Waals surface area (Å²) in [4.78, 5) is 18.8. The first-order chi connectivity index (χ1) is 12.0. The van der Waals surface area contributed by atoms with Crippen LogP contribution < -0.4 is 4.72 Å². The van der Waals surface area contributed by atoms with E-state index < -0.39 is 10.0 Å². The monoisotopic (exact) mass is 359 g/mol. The van der Waals surface area contributed by atoms with E-state index in [9.17, 15) is 13.2 Å². The quantitative estimate of drug-likeness (QED) is 0.830. The van der Waals surface area contributed by atoms with Gasteiger partial charge in [-0.15, -0.1) is 0 Å². The van der Waals surface area contributed by atoms with Crippen LogP contribution in [0.1, 0.15) is 23.2 Å². The molecule has 1 aromatic heterocycles. The Kier molecular flexibility index (Phi) is 5.15. The van der Waals surface area contributed by atoms with Gasteiger partial charge in [0.1, 0.15) is 0 Å². The lowest BCUT2D eigenvalue weighted by atomic mass is 9.89. The van der Waals surface area contributed by atoms with Gasteiger partial charge in [-0.1, -0.05) is 18.2 Å². The minimum atomic E-state index is -3.77. The third-order valence-electron chi connectivity index (χ3n) is 4.40. The fraction of sp³-hybridized carbons (Fsp3) is 0.333. The van der Waals surface area contributed by atoms with E-state index in [0.29, 0.717) is 11.3 Å². The third kappa shape index (κ3) is 4.24. The van der Waals surface area contributed by atoms with Crippen molar-refractivity contribution < 1.29 is 13.2 Å². The molecule has 0 amide bonds. The molecular formula is C18H21N3O3S. The van der Waals surface area contributed by atoms with Crippen LogP contribution in [-0.2, 0) is 10.0 Å². The maximum absolute atomic E-state index is 12.7. The molecule has 1 fully saturated rings. The van der Waals surface area contributed by atoms with Crippen LogP contribution in [0.15, 0.2) is 53.7 Å². The summed E-state index contributed by atoms with van der Waals surface area (Å²) in [5.74, 6) is 0.0748. The highest BCUT2D eigenvalue weighted by molar-refractivity contribution is 7.92. The first kappa shape index (κ1) is 17.6. The molecular weight excluding hydrogens is 338 g/mol. The predicted octanol–water partition coefficient (Wildman–Crippen LogP) is 2.41. The molecule has 2 aromatic rings. The number of hydrogen-bond acceptors (Lipinski definition) is 5. The zero-order chi connectivity index (χ0) is 17.9. The van der Waals surface area contributed by atoms with Crippen LogP contribution in [0.2, 0.25) is 0 Å². The fourth-order valence-corrected chi connectivity index (χ4v) is 3.96. The highest BCUT2D eigenvalue weighted by atomic mass is 32.2. The number of likely N-dealkylation sites (tertiary alicyclic amines) is 1. The number of nitrogens with zero attached hydrogens (tertiary/aromatic N) is 2. The number of aromatic nitrogens is 1. The molecule has 25 heavy (non-hydrogen) atoms. The summed E-state index contributed by atoms with van der Waals surface area (Å²) >= 11 is 0. The lowest BCUT2D eigenvalue weighted by molar-refractivity contribution is 0.0857. The second-order valence-corrected chi connectivity index (χ2v) is 7.93. The van der Waals surface area contributed by atoms with Gasteiger partial charge in [0.25, 0.3) is 10.0 Å². The van der Waals surface area contributed by atoms with E-state index in [-0.39, 0.29) is 16.7 Å². The van der Waals surface area contributed by atoms with Gasteiger partial charge in [-0.25, -0.2) is 4.98 Å². The minimum absolute atomic E-state index is 0.00107. The number of rotatable bonds is 5. The van der Waals surface area contributed by atoms with Gasteiger partial charge in [0.05, 0.1) is 0 Å². The van der Waals surface area contributed by atoms with Crippen LogP contribution in [0.4, 0.5) is 5.69 Å². The first-order valence-corrected chi connectivity index (χ1v) is 9.71. The van der Waals surface area contributed by atoms with Crippen molar-refractivity contribution in [3.8, 4) is 0 Å². The Morgan fingerprint density at radius 2 is 1.92 bits per heavy atom. The van der Waals surface area contributed by atoms with E-state index >= 15 is 0 Å². The molecule has 1 aromatic carbocycles. The Morgan fingerprint density at radius 3 is 2.60 bits per heavy atom. The Labute approximate surface area is 147 Å². The van der Waals surface area contributed by atoms with Crippen molar-refractivity contribution in [2.75, 3.05) is 24.9 Å². The number of anilines is 1. The van der Waals surface area contributed by atoms with Gasteiger partial charge in [-0.3, -0.25) is 9.52 Å². The standard InChI is InChI=1S/C18H21N3O3S/c1-21-11-8-14(9-12-21)18(22)15-5-4-6-16(13-15)20-25(23,24)17-7-2-3-10-19-17/h2-7,10,13-14,20H,8-9,11-12H2,1H3. The summed E-state index contributed by atoms with van der Waals surface area (Å²) in [6.07, 6.45) is 3.09. The fourth-order valence-electron chi connectivity index (χ4n) is 2.96. The number of pyridine rings is 1.